The minimum Gasteiger partial charge on any atom is -0.472 e. The van der Waals surface area contributed by atoms with Crippen LogP contribution >= 0.6 is 0 Å². The van der Waals surface area contributed by atoms with Crippen LogP contribution in [0.1, 0.15) is 11.1 Å². The van der Waals surface area contributed by atoms with E-state index in [4.69, 9.17) is 10.2 Å². The van der Waals surface area contributed by atoms with Crippen molar-refractivity contribution in [3.8, 4) is 0 Å². The molecule has 0 radical (unpaired) electrons. The SMILES string of the molecule is NCCc1ccc(S(=O)(=O)NCc2ccoc2)cc1. The molecule has 0 unspecified atom stereocenters. The van der Waals surface area contributed by atoms with E-state index in [-0.39, 0.29) is 11.4 Å². The summed E-state index contributed by atoms with van der Waals surface area (Å²) in [7, 11) is -3.49. The van der Waals surface area contributed by atoms with Gasteiger partial charge in [-0.3, -0.25) is 0 Å². The van der Waals surface area contributed by atoms with Gasteiger partial charge < -0.3 is 10.2 Å². The summed E-state index contributed by atoms with van der Waals surface area (Å²) in [5, 5.41) is 0. The van der Waals surface area contributed by atoms with E-state index in [1.54, 1.807) is 30.3 Å². The molecule has 0 amide bonds. The Bertz CT molecular complexity index is 604. The van der Waals surface area contributed by atoms with Gasteiger partial charge in [-0.15, -0.1) is 0 Å². The van der Waals surface area contributed by atoms with Gasteiger partial charge in [0.05, 0.1) is 17.4 Å². The maximum absolute atomic E-state index is 12.0. The Hall–Kier alpha value is -1.63. The average Bonchev–Trinajstić information content (AvgIpc) is 2.91. The van der Waals surface area contributed by atoms with E-state index in [1.165, 1.54) is 12.5 Å². The number of sulfonamides is 1. The molecule has 19 heavy (non-hydrogen) atoms. The fourth-order valence-corrected chi connectivity index (χ4v) is 2.67. The quantitative estimate of drug-likeness (QED) is 0.834. The van der Waals surface area contributed by atoms with Crippen LogP contribution in [-0.2, 0) is 23.0 Å². The highest BCUT2D eigenvalue weighted by Gasteiger charge is 2.13. The number of furan rings is 1. The summed E-state index contributed by atoms with van der Waals surface area (Å²) in [6.07, 6.45) is 3.75. The van der Waals surface area contributed by atoms with Crippen LogP contribution < -0.4 is 10.5 Å². The first kappa shape index (κ1) is 13.8. The van der Waals surface area contributed by atoms with Crippen LogP contribution in [-0.4, -0.2) is 15.0 Å². The Morgan fingerprint density at radius 3 is 2.42 bits per heavy atom. The van der Waals surface area contributed by atoms with Crippen molar-refractivity contribution < 1.29 is 12.8 Å². The molecule has 6 heteroatoms. The molecule has 0 bridgehead atoms. The lowest BCUT2D eigenvalue weighted by molar-refractivity contribution is 0.561. The van der Waals surface area contributed by atoms with E-state index < -0.39 is 10.0 Å². The van der Waals surface area contributed by atoms with E-state index in [2.05, 4.69) is 4.72 Å². The van der Waals surface area contributed by atoms with Crippen LogP contribution in [0.15, 0.2) is 52.2 Å². The summed E-state index contributed by atoms with van der Waals surface area (Å²) in [5.74, 6) is 0. The molecule has 2 aromatic rings. The zero-order chi connectivity index (χ0) is 13.7. The number of hydrogen-bond acceptors (Lipinski definition) is 4. The summed E-state index contributed by atoms with van der Waals surface area (Å²) in [6, 6.07) is 8.44. The minimum atomic E-state index is -3.49. The second kappa shape index (κ2) is 6.01. The van der Waals surface area contributed by atoms with Gasteiger partial charge >= 0.3 is 0 Å². The molecular weight excluding hydrogens is 264 g/mol. The van der Waals surface area contributed by atoms with E-state index in [0.29, 0.717) is 6.54 Å². The fourth-order valence-electron chi connectivity index (χ4n) is 1.66. The summed E-state index contributed by atoms with van der Waals surface area (Å²) < 4.78 is 31.5. The van der Waals surface area contributed by atoms with Gasteiger partial charge in [-0.2, -0.15) is 0 Å². The van der Waals surface area contributed by atoms with Gasteiger partial charge in [0.25, 0.3) is 0 Å². The first-order valence-electron chi connectivity index (χ1n) is 5.91. The molecule has 2 rings (SSSR count). The van der Waals surface area contributed by atoms with Crippen molar-refractivity contribution in [2.24, 2.45) is 5.73 Å². The smallest absolute Gasteiger partial charge is 0.240 e. The molecule has 0 aliphatic heterocycles. The van der Waals surface area contributed by atoms with Crippen LogP contribution in [0.25, 0.3) is 0 Å². The Morgan fingerprint density at radius 1 is 1.11 bits per heavy atom. The second-order valence-corrected chi connectivity index (χ2v) is 5.91. The van der Waals surface area contributed by atoms with Gasteiger partial charge in [0.2, 0.25) is 10.0 Å². The Kier molecular flexibility index (Phi) is 4.36. The van der Waals surface area contributed by atoms with Crippen molar-refractivity contribution >= 4 is 10.0 Å². The normalized spacial score (nSPS) is 11.6. The highest BCUT2D eigenvalue weighted by atomic mass is 32.2. The molecule has 102 valence electrons. The number of nitrogens with one attached hydrogen (secondary N) is 1. The Morgan fingerprint density at radius 2 is 1.84 bits per heavy atom. The van der Waals surface area contributed by atoms with Crippen LogP contribution in [0.4, 0.5) is 0 Å². The molecule has 1 aromatic heterocycles. The number of nitrogens with two attached hydrogens (primary N) is 1. The summed E-state index contributed by atoms with van der Waals surface area (Å²) >= 11 is 0. The maximum atomic E-state index is 12.0. The van der Waals surface area contributed by atoms with E-state index >= 15 is 0 Å². The molecule has 1 heterocycles. The van der Waals surface area contributed by atoms with Gasteiger partial charge in [-0.25, -0.2) is 13.1 Å². The third-order valence-corrected chi connectivity index (χ3v) is 4.13. The molecule has 3 N–H and O–H groups in total. The minimum absolute atomic E-state index is 0.212. The molecule has 0 aliphatic carbocycles. The van der Waals surface area contributed by atoms with E-state index in [0.717, 1.165) is 17.5 Å². The zero-order valence-corrected chi connectivity index (χ0v) is 11.2. The fraction of sp³-hybridized carbons (Fsp3) is 0.231. The van der Waals surface area contributed by atoms with Gasteiger partial charge in [0.15, 0.2) is 0 Å². The van der Waals surface area contributed by atoms with Crippen molar-refractivity contribution in [3.05, 3.63) is 54.0 Å². The number of rotatable bonds is 6. The predicted octanol–water partition coefficient (Wildman–Crippen LogP) is 1.26. The van der Waals surface area contributed by atoms with Gasteiger partial charge in [-0.1, -0.05) is 12.1 Å². The number of benzene rings is 1. The third-order valence-electron chi connectivity index (χ3n) is 2.71. The standard InChI is InChI=1S/C13H16N2O3S/c14-7-5-11-1-3-13(4-2-11)19(16,17)15-9-12-6-8-18-10-12/h1-4,6,8,10,15H,5,7,9,14H2. The molecule has 0 atom stereocenters. The molecule has 0 aliphatic rings. The van der Waals surface area contributed by atoms with Crippen LogP contribution in [0.3, 0.4) is 0 Å². The number of hydrogen-bond donors (Lipinski definition) is 2. The van der Waals surface area contributed by atoms with Crippen molar-refractivity contribution in [1.29, 1.82) is 0 Å². The van der Waals surface area contributed by atoms with Crippen LogP contribution in [0, 0.1) is 0 Å². The van der Waals surface area contributed by atoms with Crippen LogP contribution in [0.5, 0.6) is 0 Å². The van der Waals surface area contributed by atoms with Crippen molar-refractivity contribution in [2.45, 2.75) is 17.9 Å². The first-order valence-corrected chi connectivity index (χ1v) is 7.40. The molecule has 0 fully saturated rings. The Balaban J connectivity index is 2.06. The second-order valence-electron chi connectivity index (χ2n) is 4.14. The lowest BCUT2D eigenvalue weighted by Crippen LogP contribution is -2.23. The van der Waals surface area contributed by atoms with Crippen molar-refractivity contribution in [2.75, 3.05) is 6.54 Å². The largest absolute Gasteiger partial charge is 0.472 e. The van der Waals surface area contributed by atoms with Crippen molar-refractivity contribution in [1.82, 2.24) is 4.72 Å². The lowest BCUT2D eigenvalue weighted by atomic mass is 10.2. The summed E-state index contributed by atoms with van der Waals surface area (Å²) in [6.45, 7) is 0.758. The predicted molar refractivity (Wildman–Crippen MR) is 71.9 cm³/mol. The lowest BCUT2D eigenvalue weighted by Gasteiger charge is -2.06. The Labute approximate surface area is 112 Å². The third kappa shape index (κ3) is 3.66. The van der Waals surface area contributed by atoms with E-state index in [1.807, 2.05) is 0 Å². The van der Waals surface area contributed by atoms with Gasteiger partial charge in [0, 0.05) is 12.1 Å². The zero-order valence-electron chi connectivity index (χ0n) is 10.4. The maximum Gasteiger partial charge on any atom is 0.240 e. The first-order chi connectivity index (χ1) is 9.12. The highest BCUT2D eigenvalue weighted by Crippen LogP contribution is 2.11. The summed E-state index contributed by atoms with van der Waals surface area (Å²) in [4.78, 5) is 0.247. The van der Waals surface area contributed by atoms with Crippen molar-refractivity contribution in [3.63, 3.8) is 0 Å². The molecule has 0 saturated carbocycles. The molecule has 0 spiro atoms. The van der Waals surface area contributed by atoms with Crippen LogP contribution in [0.2, 0.25) is 0 Å². The van der Waals surface area contributed by atoms with Gasteiger partial charge in [0.1, 0.15) is 0 Å². The highest BCUT2D eigenvalue weighted by molar-refractivity contribution is 7.89. The molecular formula is C13H16N2O3S. The monoisotopic (exact) mass is 280 g/mol. The summed E-state index contributed by atoms with van der Waals surface area (Å²) in [5.41, 5.74) is 7.25. The molecule has 1 aromatic carbocycles. The van der Waals surface area contributed by atoms with E-state index in [9.17, 15) is 8.42 Å². The average molecular weight is 280 g/mol. The molecule has 0 saturated heterocycles. The molecule has 5 nitrogen and oxygen atoms in total. The van der Waals surface area contributed by atoms with Gasteiger partial charge in [-0.05, 0) is 36.7 Å². The topological polar surface area (TPSA) is 85.3 Å².